The van der Waals surface area contributed by atoms with Gasteiger partial charge in [0.05, 0.1) is 0 Å². The molecule has 0 aromatic rings. The molecule has 86 valence electrons. The van der Waals surface area contributed by atoms with Gasteiger partial charge in [0.2, 0.25) is 0 Å². The Morgan fingerprint density at radius 2 is 1.36 bits per heavy atom. The second-order valence-electron chi connectivity index (χ2n) is 5.28. The molecule has 0 nitrogen and oxygen atoms in total. The summed E-state index contributed by atoms with van der Waals surface area (Å²) in [6, 6.07) is 0. The zero-order chi connectivity index (χ0) is 10.8. The van der Waals surface area contributed by atoms with Crippen LogP contribution in [0.3, 0.4) is 0 Å². The second kappa shape index (κ2) is 9.55. The molecule has 0 spiro atoms. The van der Waals surface area contributed by atoms with Gasteiger partial charge in [-0.1, -0.05) is 79.1 Å². The van der Waals surface area contributed by atoms with Gasteiger partial charge in [-0.2, -0.15) is 0 Å². The predicted molar refractivity (Wildman–Crippen MR) is 66.6 cm³/mol. The van der Waals surface area contributed by atoms with Crippen molar-refractivity contribution >= 4 is 0 Å². The van der Waals surface area contributed by atoms with Gasteiger partial charge in [-0.25, -0.2) is 0 Å². The van der Waals surface area contributed by atoms with Crippen molar-refractivity contribution in [3.63, 3.8) is 0 Å². The molecule has 0 fully saturated rings. The Kier molecular flexibility index (Phi) is 9.55. The molecule has 0 rings (SSSR count). The van der Waals surface area contributed by atoms with Crippen molar-refractivity contribution in [3.8, 4) is 0 Å². The minimum Gasteiger partial charge on any atom is -0.0654 e. The van der Waals surface area contributed by atoms with E-state index in [2.05, 4.69) is 27.7 Å². The van der Waals surface area contributed by atoms with Gasteiger partial charge >= 0.3 is 0 Å². The fraction of sp³-hybridized carbons (Fsp3) is 1.00. The summed E-state index contributed by atoms with van der Waals surface area (Å²) in [6.45, 7) is 9.36. The molecule has 0 heteroatoms. The van der Waals surface area contributed by atoms with Crippen LogP contribution in [0.15, 0.2) is 0 Å². The SMILES string of the molecule is CCCCCCC(C)CCCC(C)C. The monoisotopic (exact) mass is 198 g/mol. The number of unbranched alkanes of at least 4 members (excludes halogenated alkanes) is 3. The topological polar surface area (TPSA) is 0 Å². The first-order valence-corrected chi connectivity index (χ1v) is 6.66. The molecule has 14 heavy (non-hydrogen) atoms. The van der Waals surface area contributed by atoms with E-state index in [9.17, 15) is 0 Å². The van der Waals surface area contributed by atoms with E-state index < -0.39 is 0 Å². The Hall–Kier alpha value is 0. The molecule has 1 atom stereocenters. The maximum Gasteiger partial charge on any atom is -0.0443 e. The number of hydrogen-bond donors (Lipinski definition) is 0. The fourth-order valence-corrected chi connectivity index (χ4v) is 1.94. The average molecular weight is 198 g/mol. The van der Waals surface area contributed by atoms with E-state index in [1.54, 1.807) is 0 Å². The lowest BCUT2D eigenvalue weighted by Gasteiger charge is -2.11. The van der Waals surface area contributed by atoms with Crippen LogP contribution < -0.4 is 0 Å². The minimum absolute atomic E-state index is 0.891. The molecule has 0 aliphatic heterocycles. The fourth-order valence-electron chi connectivity index (χ4n) is 1.94. The van der Waals surface area contributed by atoms with Crippen molar-refractivity contribution in [2.24, 2.45) is 11.8 Å². The van der Waals surface area contributed by atoms with Gasteiger partial charge in [0, 0.05) is 0 Å². The Bertz CT molecular complexity index is 105. The average Bonchev–Trinajstić information content (AvgIpc) is 2.12. The summed E-state index contributed by atoms with van der Waals surface area (Å²) in [5, 5.41) is 0. The third-order valence-electron chi connectivity index (χ3n) is 3.03. The van der Waals surface area contributed by atoms with Crippen LogP contribution in [-0.2, 0) is 0 Å². The van der Waals surface area contributed by atoms with E-state index in [4.69, 9.17) is 0 Å². The largest absolute Gasteiger partial charge is 0.0654 e. The highest BCUT2D eigenvalue weighted by Crippen LogP contribution is 2.18. The van der Waals surface area contributed by atoms with Gasteiger partial charge in [0.1, 0.15) is 0 Å². The van der Waals surface area contributed by atoms with Gasteiger partial charge < -0.3 is 0 Å². The van der Waals surface area contributed by atoms with Crippen molar-refractivity contribution in [1.82, 2.24) is 0 Å². The second-order valence-corrected chi connectivity index (χ2v) is 5.28. The standard InChI is InChI=1S/C14H30/c1-5-6-7-8-11-14(4)12-9-10-13(2)3/h13-14H,5-12H2,1-4H3. The highest BCUT2D eigenvalue weighted by Gasteiger charge is 2.02. The predicted octanol–water partition coefficient (Wildman–Crippen LogP) is 5.42. The molecule has 0 N–H and O–H groups in total. The lowest BCUT2D eigenvalue weighted by molar-refractivity contribution is 0.420. The quantitative estimate of drug-likeness (QED) is 0.434. The van der Waals surface area contributed by atoms with Crippen LogP contribution in [0.2, 0.25) is 0 Å². The summed E-state index contributed by atoms with van der Waals surface area (Å²) < 4.78 is 0. The van der Waals surface area contributed by atoms with Gasteiger partial charge in [0.25, 0.3) is 0 Å². The summed E-state index contributed by atoms with van der Waals surface area (Å²) >= 11 is 0. The lowest BCUT2D eigenvalue weighted by atomic mass is 9.95. The van der Waals surface area contributed by atoms with Crippen LogP contribution in [0.4, 0.5) is 0 Å². The Morgan fingerprint density at radius 1 is 0.714 bits per heavy atom. The molecule has 0 heterocycles. The lowest BCUT2D eigenvalue weighted by Crippen LogP contribution is -1.96. The molecule has 1 unspecified atom stereocenters. The van der Waals surface area contributed by atoms with Crippen LogP contribution >= 0.6 is 0 Å². The van der Waals surface area contributed by atoms with E-state index >= 15 is 0 Å². The molecular formula is C14H30. The van der Waals surface area contributed by atoms with Crippen molar-refractivity contribution < 1.29 is 0 Å². The third kappa shape index (κ3) is 10.1. The van der Waals surface area contributed by atoms with Crippen molar-refractivity contribution in [2.45, 2.75) is 79.1 Å². The van der Waals surface area contributed by atoms with Crippen molar-refractivity contribution in [2.75, 3.05) is 0 Å². The van der Waals surface area contributed by atoms with E-state index in [0.717, 1.165) is 11.8 Å². The van der Waals surface area contributed by atoms with Crippen molar-refractivity contribution in [3.05, 3.63) is 0 Å². The molecule has 0 amide bonds. The maximum atomic E-state index is 2.42. The van der Waals surface area contributed by atoms with Gasteiger partial charge in [0.15, 0.2) is 0 Å². The summed E-state index contributed by atoms with van der Waals surface area (Å²) in [4.78, 5) is 0. The summed E-state index contributed by atoms with van der Waals surface area (Å²) in [6.07, 6.45) is 11.5. The number of rotatable bonds is 9. The first-order chi connectivity index (χ1) is 6.66. The molecule has 0 bridgehead atoms. The summed E-state index contributed by atoms with van der Waals surface area (Å²) in [5.74, 6) is 1.85. The minimum atomic E-state index is 0.891. The van der Waals surface area contributed by atoms with Gasteiger partial charge in [-0.15, -0.1) is 0 Å². The molecule has 0 aromatic heterocycles. The van der Waals surface area contributed by atoms with Crippen molar-refractivity contribution in [1.29, 1.82) is 0 Å². The summed E-state index contributed by atoms with van der Waals surface area (Å²) in [5.41, 5.74) is 0. The zero-order valence-electron chi connectivity index (χ0n) is 10.8. The Balaban J connectivity index is 3.15. The smallest absolute Gasteiger partial charge is 0.0443 e. The highest BCUT2D eigenvalue weighted by atomic mass is 14.1. The van der Waals surface area contributed by atoms with E-state index in [0.29, 0.717) is 0 Å². The molecular weight excluding hydrogens is 168 g/mol. The van der Waals surface area contributed by atoms with E-state index in [1.807, 2.05) is 0 Å². The molecule has 0 aromatic carbocycles. The highest BCUT2D eigenvalue weighted by molar-refractivity contribution is 4.55. The van der Waals surface area contributed by atoms with E-state index in [-0.39, 0.29) is 0 Å². The molecule has 0 saturated carbocycles. The molecule has 0 aliphatic rings. The molecule has 0 radical (unpaired) electrons. The van der Waals surface area contributed by atoms with Gasteiger partial charge in [-0.05, 0) is 11.8 Å². The normalized spacial score (nSPS) is 13.5. The van der Waals surface area contributed by atoms with E-state index in [1.165, 1.54) is 51.4 Å². The van der Waals surface area contributed by atoms with Crippen LogP contribution in [0, 0.1) is 11.8 Å². The Labute approximate surface area is 91.5 Å². The third-order valence-corrected chi connectivity index (χ3v) is 3.03. The zero-order valence-corrected chi connectivity index (χ0v) is 10.8. The summed E-state index contributed by atoms with van der Waals surface area (Å²) in [7, 11) is 0. The van der Waals surface area contributed by atoms with Crippen LogP contribution in [0.25, 0.3) is 0 Å². The molecule has 0 aliphatic carbocycles. The molecule has 0 saturated heterocycles. The van der Waals surface area contributed by atoms with Crippen LogP contribution in [0.5, 0.6) is 0 Å². The van der Waals surface area contributed by atoms with Crippen LogP contribution in [0.1, 0.15) is 79.1 Å². The number of hydrogen-bond acceptors (Lipinski definition) is 0. The van der Waals surface area contributed by atoms with Crippen LogP contribution in [-0.4, -0.2) is 0 Å². The van der Waals surface area contributed by atoms with Gasteiger partial charge in [-0.3, -0.25) is 0 Å². The maximum absolute atomic E-state index is 2.42. The Morgan fingerprint density at radius 3 is 1.93 bits per heavy atom. The first kappa shape index (κ1) is 14.0. The first-order valence-electron chi connectivity index (χ1n) is 6.66.